The fraction of sp³-hybridized carbons (Fsp3) is 0.750. The van der Waals surface area contributed by atoms with Crippen LogP contribution in [-0.2, 0) is 19.3 Å². The van der Waals surface area contributed by atoms with E-state index in [0.29, 0.717) is 0 Å². The van der Waals surface area contributed by atoms with Crippen LogP contribution >= 0.6 is 0 Å². The van der Waals surface area contributed by atoms with Crippen molar-refractivity contribution >= 4 is 16.2 Å². The van der Waals surface area contributed by atoms with Gasteiger partial charge in [0.15, 0.2) is 0 Å². The van der Waals surface area contributed by atoms with Gasteiger partial charge in [0.1, 0.15) is 0 Å². The van der Waals surface area contributed by atoms with Crippen molar-refractivity contribution in [1.82, 2.24) is 4.72 Å². The van der Waals surface area contributed by atoms with Crippen molar-refractivity contribution < 1.29 is 48.4 Å². The summed E-state index contributed by atoms with van der Waals surface area (Å²) in [5, 5.41) is 0. The molecule has 1 N–H and O–H groups in total. The van der Waals surface area contributed by atoms with Gasteiger partial charge in [-0.1, -0.05) is 0 Å². The summed E-state index contributed by atoms with van der Waals surface area (Å²) in [6.45, 7) is 2.62. The van der Waals surface area contributed by atoms with Crippen LogP contribution in [0, 0.1) is 0 Å². The molecule has 0 rings (SSSR count). The SMILES string of the molecule is CCOS(=O)(=O)NC(C)=O.[H-].[Na+]. The average Bonchev–Trinajstić information content (AvgIpc) is 1.59. The van der Waals surface area contributed by atoms with Crippen LogP contribution in [0.4, 0.5) is 0 Å². The van der Waals surface area contributed by atoms with Crippen molar-refractivity contribution in [3.8, 4) is 0 Å². The van der Waals surface area contributed by atoms with Crippen LogP contribution in [-0.4, -0.2) is 20.9 Å². The van der Waals surface area contributed by atoms with Gasteiger partial charge in [0.05, 0.1) is 6.61 Å². The molecule has 62 valence electrons. The summed E-state index contributed by atoms with van der Waals surface area (Å²) < 4.78 is 26.8. The van der Waals surface area contributed by atoms with E-state index in [1.54, 1.807) is 4.72 Å². The first kappa shape index (κ1) is 13.9. The molecule has 0 aliphatic carbocycles. The Morgan fingerprint density at radius 3 is 2.36 bits per heavy atom. The Labute approximate surface area is 89.5 Å². The summed E-state index contributed by atoms with van der Waals surface area (Å²) in [5.41, 5.74) is 0. The van der Waals surface area contributed by atoms with Gasteiger partial charge in [0.2, 0.25) is 5.91 Å². The minimum Gasteiger partial charge on any atom is -1.00 e. The first-order valence-electron chi connectivity index (χ1n) is 2.65. The molecular weight excluding hydrogens is 181 g/mol. The van der Waals surface area contributed by atoms with Crippen molar-refractivity contribution in [2.75, 3.05) is 6.61 Å². The second-order valence-corrected chi connectivity index (χ2v) is 2.87. The van der Waals surface area contributed by atoms with Crippen LogP contribution < -0.4 is 34.3 Å². The molecule has 0 heterocycles. The van der Waals surface area contributed by atoms with Gasteiger partial charge in [-0.2, -0.15) is 8.42 Å². The van der Waals surface area contributed by atoms with Gasteiger partial charge in [0, 0.05) is 6.92 Å². The number of nitrogens with one attached hydrogen (secondary N) is 1. The normalized spacial score (nSPS) is 10.0. The van der Waals surface area contributed by atoms with Gasteiger partial charge in [-0.3, -0.25) is 8.98 Å². The molecule has 0 aromatic carbocycles. The van der Waals surface area contributed by atoms with Crippen LogP contribution in [0.1, 0.15) is 15.3 Å². The number of carbonyl (C=O) groups is 1. The first-order valence-corrected chi connectivity index (χ1v) is 4.06. The molecule has 11 heavy (non-hydrogen) atoms. The smallest absolute Gasteiger partial charge is 1.00 e. The molecule has 0 aliphatic heterocycles. The molecule has 0 aromatic rings. The van der Waals surface area contributed by atoms with E-state index < -0.39 is 16.2 Å². The molecule has 0 atom stereocenters. The van der Waals surface area contributed by atoms with Crippen LogP contribution in [0.2, 0.25) is 0 Å². The fourth-order valence-corrected chi connectivity index (χ4v) is 1.08. The van der Waals surface area contributed by atoms with Gasteiger partial charge in [-0.15, -0.1) is 0 Å². The van der Waals surface area contributed by atoms with Crippen molar-refractivity contribution in [3.05, 3.63) is 0 Å². The Morgan fingerprint density at radius 2 is 2.09 bits per heavy atom. The number of rotatable bonds is 3. The molecule has 1 amide bonds. The zero-order valence-corrected chi connectivity index (χ0v) is 9.56. The summed E-state index contributed by atoms with van der Waals surface area (Å²) in [7, 11) is -3.83. The molecule has 0 saturated heterocycles. The molecule has 0 spiro atoms. The summed E-state index contributed by atoms with van der Waals surface area (Å²) in [5.74, 6) is -0.659. The maximum absolute atomic E-state index is 10.5. The van der Waals surface area contributed by atoms with Gasteiger partial charge in [-0.25, -0.2) is 4.72 Å². The standard InChI is InChI=1S/C4H9NO4S.Na.H/c1-3-9-10(7,8)5-4(2)6;;/h3H2,1-2H3,(H,5,6);;/q;+1;-1. The summed E-state index contributed by atoms with van der Waals surface area (Å²) in [4.78, 5) is 10.2. The predicted octanol–water partition coefficient (Wildman–Crippen LogP) is -3.48. The number of hydrogen-bond donors (Lipinski definition) is 1. The Kier molecular flexibility index (Phi) is 7.55. The molecule has 0 bridgehead atoms. The molecule has 0 saturated carbocycles. The average molecular weight is 191 g/mol. The third-order valence-electron chi connectivity index (χ3n) is 0.542. The van der Waals surface area contributed by atoms with Crippen molar-refractivity contribution in [3.63, 3.8) is 0 Å². The third kappa shape index (κ3) is 8.28. The molecule has 7 heteroatoms. The zero-order valence-electron chi connectivity index (χ0n) is 7.75. The topological polar surface area (TPSA) is 72.5 Å². The van der Waals surface area contributed by atoms with Gasteiger partial charge >= 0.3 is 39.9 Å². The van der Waals surface area contributed by atoms with E-state index in [9.17, 15) is 13.2 Å². The summed E-state index contributed by atoms with van der Waals surface area (Å²) >= 11 is 0. The van der Waals surface area contributed by atoms with Crippen LogP contribution in [0.3, 0.4) is 0 Å². The van der Waals surface area contributed by atoms with E-state index in [4.69, 9.17) is 0 Å². The van der Waals surface area contributed by atoms with Gasteiger partial charge in [0.25, 0.3) is 0 Å². The Balaban J connectivity index is -0.000000405. The summed E-state index contributed by atoms with van der Waals surface area (Å²) in [6.07, 6.45) is 0. The molecule has 5 nitrogen and oxygen atoms in total. The minimum atomic E-state index is -3.83. The van der Waals surface area contributed by atoms with Crippen molar-refractivity contribution in [2.45, 2.75) is 13.8 Å². The molecule has 0 unspecified atom stereocenters. The molecule has 0 radical (unpaired) electrons. The largest absolute Gasteiger partial charge is 1.00 e. The Morgan fingerprint density at radius 1 is 1.64 bits per heavy atom. The van der Waals surface area contributed by atoms with E-state index in [0.717, 1.165) is 6.92 Å². The zero-order chi connectivity index (χ0) is 8.20. The Hall–Kier alpha value is 0.380. The van der Waals surface area contributed by atoms with Crippen LogP contribution in [0.15, 0.2) is 0 Å². The monoisotopic (exact) mass is 191 g/mol. The quantitative estimate of drug-likeness (QED) is 0.470. The minimum absolute atomic E-state index is 0. The van der Waals surface area contributed by atoms with E-state index in [1.807, 2.05) is 0 Å². The van der Waals surface area contributed by atoms with Gasteiger partial charge in [-0.05, 0) is 6.92 Å². The van der Waals surface area contributed by atoms with E-state index in [2.05, 4.69) is 4.18 Å². The second kappa shape index (κ2) is 5.96. The number of amides is 1. The maximum Gasteiger partial charge on any atom is 1.00 e. The molecular formula is C4H10NNaO4S. The number of hydrogen-bond acceptors (Lipinski definition) is 4. The number of carbonyl (C=O) groups excluding carboxylic acids is 1. The fourth-order valence-electron chi connectivity index (χ4n) is 0.361. The van der Waals surface area contributed by atoms with Crippen molar-refractivity contribution in [1.29, 1.82) is 0 Å². The second-order valence-electron chi connectivity index (χ2n) is 1.52. The predicted molar refractivity (Wildman–Crippen MR) is 35.5 cm³/mol. The van der Waals surface area contributed by atoms with Gasteiger partial charge < -0.3 is 1.43 Å². The maximum atomic E-state index is 10.5. The Bertz CT molecular complexity index is 217. The van der Waals surface area contributed by atoms with E-state index in [-0.39, 0.29) is 37.6 Å². The first-order chi connectivity index (χ1) is 4.48. The van der Waals surface area contributed by atoms with Crippen LogP contribution in [0.5, 0.6) is 0 Å². The van der Waals surface area contributed by atoms with E-state index in [1.165, 1.54) is 6.92 Å². The third-order valence-corrected chi connectivity index (χ3v) is 1.63. The van der Waals surface area contributed by atoms with Crippen LogP contribution in [0.25, 0.3) is 0 Å². The molecule has 0 aliphatic rings. The summed E-state index contributed by atoms with van der Waals surface area (Å²) in [6, 6.07) is 0. The molecule has 0 fully saturated rings. The molecule has 0 aromatic heterocycles. The van der Waals surface area contributed by atoms with Crippen molar-refractivity contribution in [2.24, 2.45) is 0 Å². The van der Waals surface area contributed by atoms with E-state index >= 15 is 0 Å².